The molecular formula is C23H41NO3. The maximum absolute atomic E-state index is 12.6. The van der Waals surface area contributed by atoms with Crippen LogP contribution >= 0.6 is 0 Å². The van der Waals surface area contributed by atoms with E-state index in [1.807, 2.05) is 25.7 Å². The van der Waals surface area contributed by atoms with Crippen LogP contribution in [0.25, 0.3) is 0 Å². The van der Waals surface area contributed by atoms with Crippen molar-refractivity contribution in [2.45, 2.75) is 116 Å². The van der Waals surface area contributed by atoms with Crippen LogP contribution in [-0.2, 0) is 9.47 Å². The maximum atomic E-state index is 12.6. The first kappa shape index (κ1) is 22.3. The quantitative estimate of drug-likeness (QED) is 0.333. The highest BCUT2D eigenvalue weighted by Crippen LogP contribution is 2.31. The average molecular weight is 380 g/mol. The van der Waals surface area contributed by atoms with Crippen LogP contribution in [0.3, 0.4) is 0 Å². The number of ether oxygens (including phenoxy) is 2. The van der Waals surface area contributed by atoms with Gasteiger partial charge in [0.05, 0.1) is 25.3 Å². The number of fused-ring (bicyclic) bond motifs is 2. The summed E-state index contributed by atoms with van der Waals surface area (Å²) in [6.45, 7) is 9.26. The molecule has 0 N–H and O–H groups in total. The topological polar surface area (TPSA) is 38.8 Å². The van der Waals surface area contributed by atoms with Crippen molar-refractivity contribution in [1.29, 1.82) is 0 Å². The van der Waals surface area contributed by atoms with E-state index in [-0.39, 0.29) is 18.2 Å². The van der Waals surface area contributed by atoms with Gasteiger partial charge in [0, 0.05) is 0 Å². The standard InChI is InChI=1S/C23H41NO3/c1-5-6-7-8-9-10-11-12-13-14-19-15-20-17-26-18-21(16-19)24(20)22(25)27-23(2,3)4/h15,20-21H,5-14,16-18H2,1-4H3. The number of rotatable bonds is 10. The molecule has 4 heteroatoms. The monoisotopic (exact) mass is 379 g/mol. The Bertz CT molecular complexity index is 481. The summed E-state index contributed by atoms with van der Waals surface area (Å²) in [7, 11) is 0. The van der Waals surface area contributed by atoms with E-state index in [0.717, 1.165) is 6.42 Å². The number of hydrogen-bond donors (Lipinski definition) is 0. The Kier molecular flexibility index (Phi) is 9.14. The summed E-state index contributed by atoms with van der Waals surface area (Å²) in [6, 6.07) is 0.179. The van der Waals surface area contributed by atoms with E-state index >= 15 is 0 Å². The molecule has 1 saturated heterocycles. The molecule has 2 heterocycles. The number of carbonyl (C=O) groups is 1. The van der Waals surface area contributed by atoms with Gasteiger partial charge in [-0.25, -0.2) is 4.79 Å². The summed E-state index contributed by atoms with van der Waals surface area (Å²) in [6.07, 6.45) is 16.4. The van der Waals surface area contributed by atoms with Gasteiger partial charge in [0.15, 0.2) is 0 Å². The van der Waals surface area contributed by atoms with Crippen molar-refractivity contribution in [3.63, 3.8) is 0 Å². The first-order valence-electron chi connectivity index (χ1n) is 11.2. The van der Waals surface area contributed by atoms with E-state index in [9.17, 15) is 4.79 Å². The third-order valence-electron chi connectivity index (χ3n) is 5.48. The van der Waals surface area contributed by atoms with Crippen LogP contribution in [0.4, 0.5) is 4.79 Å². The zero-order chi connectivity index (χ0) is 19.7. The number of amides is 1. The summed E-state index contributed by atoms with van der Waals surface area (Å²) < 4.78 is 11.3. The summed E-state index contributed by atoms with van der Waals surface area (Å²) in [5, 5.41) is 0. The van der Waals surface area contributed by atoms with E-state index in [0.29, 0.717) is 13.2 Å². The van der Waals surface area contributed by atoms with Gasteiger partial charge in [-0.3, -0.25) is 4.90 Å². The zero-order valence-electron chi connectivity index (χ0n) is 18.1. The third kappa shape index (κ3) is 7.85. The van der Waals surface area contributed by atoms with Gasteiger partial charge in [-0.2, -0.15) is 0 Å². The molecule has 0 aromatic heterocycles. The molecule has 156 valence electrons. The molecule has 0 saturated carbocycles. The number of unbranched alkanes of at least 4 members (excludes halogenated alkanes) is 8. The second-order valence-electron chi connectivity index (χ2n) is 9.25. The van der Waals surface area contributed by atoms with E-state index < -0.39 is 5.60 Å². The molecular weight excluding hydrogens is 338 g/mol. The third-order valence-corrected chi connectivity index (χ3v) is 5.48. The number of nitrogens with zero attached hydrogens (tertiary/aromatic N) is 1. The number of carbonyl (C=O) groups excluding carboxylic acids is 1. The smallest absolute Gasteiger partial charge is 0.411 e. The van der Waals surface area contributed by atoms with E-state index in [4.69, 9.17) is 9.47 Å². The number of hydrogen-bond acceptors (Lipinski definition) is 3. The van der Waals surface area contributed by atoms with Crippen molar-refractivity contribution in [1.82, 2.24) is 4.90 Å². The summed E-state index contributed by atoms with van der Waals surface area (Å²) in [5.41, 5.74) is 1.06. The molecule has 1 fully saturated rings. The summed E-state index contributed by atoms with van der Waals surface area (Å²) in [5.74, 6) is 0. The van der Waals surface area contributed by atoms with Crippen LogP contribution in [0.2, 0.25) is 0 Å². The Morgan fingerprint density at radius 2 is 1.70 bits per heavy atom. The molecule has 4 nitrogen and oxygen atoms in total. The molecule has 2 rings (SSSR count). The lowest BCUT2D eigenvalue weighted by Gasteiger charge is -2.44. The molecule has 0 radical (unpaired) electrons. The lowest BCUT2D eigenvalue weighted by Crippen LogP contribution is -2.57. The van der Waals surface area contributed by atoms with Crippen LogP contribution in [0.5, 0.6) is 0 Å². The van der Waals surface area contributed by atoms with Gasteiger partial charge in [-0.1, -0.05) is 69.9 Å². The Morgan fingerprint density at radius 1 is 1.07 bits per heavy atom. The Morgan fingerprint density at radius 3 is 2.30 bits per heavy atom. The van der Waals surface area contributed by atoms with Crippen LogP contribution in [0.1, 0.15) is 98.3 Å². The lowest BCUT2D eigenvalue weighted by molar-refractivity contribution is -0.0538. The largest absolute Gasteiger partial charge is 0.444 e. The molecule has 0 aromatic rings. The van der Waals surface area contributed by atoms with Crippen molar-refractivity contribution in [2.24, 2.45) is 0 Å². The molecule has 2 aliphatic heterocycles. The minimum Gasteiger partial charge on any atom is -0.444 e. The highest BCUT2D eigenvalue weighted by molar-refractivity contribution is 5.70. The minimum atomic E-state index is -0.452. The Hall–Kier alpha value is -1.03. The second kappa shape index (κ2) is 11.1. The SMILES string of the molecule is CCCCCCCCCCCC1=CC2COCC(C1)N2C(=O)OC(C)(C)C. The molecule has 2 aliphatic rings. The summed E-state index contributed by atoms with van der Waals surface area (Å²) >= 11 is 0. The molecule has 0 aromatic carbocycles. The van der Waals surface area contributed by atoms with Crippen molar-refractivity contribution < 1.29 is 14.3 Å². The van der Waals surface area contributed by atoms with E-state index in [2.05, 4.69) is 13.0 Å². The van der Waals surface area contributed by atoms with Gasteiger partial charge in [0.1, 0.15) is 5.60 Å². The fourth-order valence-electron chi connectivity index (χ4n) is 4.13. The predicted molar refractivity (Wildman–Crippen MR) is 111 cm³/mol. The van der Waals surface area contributed by atoms with Gasteiger partial charge < -0.3 is 9.47 Å². The molecule has 0 spiro atoms. The van der Waals surface area contributed by atoms with Crippen LogP contribution in [0, 0.1) is 0 Å². The second-order valence-corrected chi connectivity index (χ2v) is 9.25. The molecule has 27 heavy (non-hydrogen) atoms. The van der Waals surface area contributed by atoms with Gasteiger partial charge in [-0.15, -0.1) is 0 Å². The van der Waals surface area contributed by atoms with Gasteiger partial charge in [0.25, 0.3) is 0 Å². The fraction of sp³-hybridized carbons (Fsp3) is 0.870. The maximum Gasteiger partial charge on any atom is 0.411 e. The normalized spacial score (nSPS) is 22.5. The highest BCUT2D eigenvalue weighted by Gasteiger charge is 2.39. The van der Waals surface area contributed by atoms with E-state index in [1.165, 1.54) is 69.8 Å². The van der Waals surface area contributed by atoms with Crippen LogP contribution < -0.4 is 0 Å². The van der Waals surface area contributed by atoms with Gasteiger partial charge in [-0.05, 0) is 40.0 Å². The van der Waals surface area contributed by atoms with Gasteiger partial charge in [0.2, 0.25) is 0 Å². The zero-order valence-corrected chi connectivity index (χ0v) is 18.1. The highest BCUT2D eigenvalue weighted by atomic mass is 16.6. The lowest BCUT2D eigenvalue weighted by atomic mass is 9.91. The van der Waals surface area contributed by atoms with Crippen molar-refractivity contribution in [2.75, 3.05) is 13.2 Å². The van der Waals surface area contributed by atoms with Crippen molar-refractivity contribution in [3.05, 3.63) is 11.6 Å². The van der Waals surface area contributed by atoms with Gasteiger partial charge >= 0.3 is 6.09 Å². The first-order valence-corrected chi connectivity index (χ1v) is 11.2. The molecule has 2 bridgehead atoms. The first-order chi connectivity index (χ1) is 12.9. The molecule has 2 atom stereocenters. The minimum absolute atomic E-state index is 0.0425. The molecule has 1 amide bonds. The molecule has 2 unspecified atom stereocenters. The molecule has 0 aliphatic carbocycles. The van der Waals surface area contributed by atoms with E-state index in [1.54, 1.807) is 0 Å². The van der Waals surface area contributed by atoms with Crippen LogP contribution in [-0.4, -0.2) is 41.9 Å². The Balaban J connectivity index is 1.71. The van der Waals surface area contributed by atoms with Crippen molar-refractivity contribution in [3.8, 4) is 0 Å². The Labute approximate surface area is 166 Å². The van der Waals surface area contributed by atoms with Crippen molar-refractivity contribution >= 4 is 6.09 Å². The number of morpholine rings is 1. The average Bonchev–Trinajstić information content (AvgIpc) is 2.58. The fourth-order valence-corrected chi connectivity index (χ4v) is 4.13. The predicted octanol–water partition coefficient (Wildman–Crippen LogP) is 6.24. The summed E-state index contributed by atoms with van der Waals surface area (Å²) in [4.78, 5) is 14.5. The van der Waals surface area contributed by atoms with Crippen LogP contribution in [0.15, 0.2) is 11.6 Å².